The molecule has 0 aromatic carbocycles. The van der Waals surface area contributed by atoms with Crippen molar-refractivity contribution in [2.75, 3.05) is 13.3 Å². The van der Waals surface area contributed by atoms with Crippen LogP contribution in [-0.2, 0) is 4.74 Å². The number of allylic oxidation sites excluding steroid dienone is 7. The zero-order valence-electron chi connectivity index (χ0n) is 18.2. The summed E-state index contributed by atoms with van der Waals surface area (Å²) in [6.45, 7) is 6.43. The quantitative estimate of drug-likeness (QED) is 0.232. The first kappa shape index (κ1) is 22.5. The molecule has 0 unspecified atom stereocenters. The van der Waals surface area contributed by atoms with Crippen molar-refractivity contribution in [3.8, 4) is 0 Å². The standard InChI is InChI=1S/C25H41OP/c1-5-7-15-22(21(3)25(26-4)14-6-2)20-27(23-16-10-8-11-17-23)24-18-12-9-13-19-24/h5-7,14-15,23-24H,8-13,16-20H2,1-4H3/b7-5-,14-6-,22-15+,25-21-. The minimum atomic E-state index is 0.0596. The maximum absolute atomic E-state index is 5.72. The van der Waals surface area contributed by atoms with Gasteiger partial charge in [0.1, 0.15) is 5.76 Å². The lowest BCUT2D eigenvalue weighted by atomic mass is 9.99. The minimum Gasteiger partial charge on any atom is -0.496 e. The van der Waals surface area contributed by atoms with Crippen molar-refractivity contribution in [3.05, 3.63) is 47.3 Å². The Labute approximate surface area is 169 Å². The topological polar surface area (TPSA) is 9.23 Å². The Balaban J connectivity index is 2.30. The van der Waals surface area contributed by atoms with Gasteiger partial charge in [0.25, 0.3) is 0 Å². The Morgan fingerprint density at radius 1 is 0.889 bits per heavy atom. The van der Waals surface area contributed by atoms with Crippen molar-refractivity contribution < 1.29 is 4.74 Å². The Kier molecular flexibility index (Phi) is 10.5. The predicted octanol–water partition coefficient (Wildman–Crippen LogP) is 8.13. The summed E-state index contributed by atoms with van der Waals surface area (Å²) in [6.07, 6.45) is 26.9. The lowest BCUT2D eigenvalue weighted by Gasteiger charge is -2.39. The van der Waals surface area contributed by atoms with Crippen molar-refractivity contribution in [2.45, 2.75) is 96.3 Å². The largest absolute Gasteiger partial charge is 0.496 e. The molecule has 2 aliphatic rings. The van der Waals surface area contributed by atoms with E-state index in [1.165, 1.54) is 81.5 Å². The second-order valence-corrected chi connectivity index (χ2v) is 11.0. The van der Waals surface area contributed by atoms with Crippen LogP contribution in [0.15, 0.2) is 47.3 Å². The summed E-state index contributed by atoms with van der Waals surface area (Å²) >= 11 is 0. The van der Waals surface area contributed by atoms with Crippen LogP contribution < -0.4 is 0 Å². The lowest BCUT2D eigenvalue weighted by molar-refractivity contribution is 0.303. The second kappa shape index (κ2) is 12.6. The molecule has 0 radical (unpaired) electrons. The summed E-state index contributed by atoms with van der Waals surface area (Å²) in [6, 6.07) is 0. The molecule has 0 atom stereocenters. The van der Waals surface area contributed by atoms with Crippen LogP contribution in [0.2, 0.25) is 0 Å². The first-order valence-corrected chi connectivity index (χ1v) is 12.8. The fourth-order valence-corrected chi connectivity index (χ4v) is 8.65. The first-order valence-electron chi connectivity index (χ1n) is 11.2. The highest BCUT2D eigenvalue weighted by Crippen LogP contribution is 2.57. The van der Waals surface area contributed by atoms with E-state index < -0.39 is 0 Å². The second-order valence-electron chi connectivity index (χ2n) is 8.17. The molecule has 0 spiro atoms. The molecule has 27 heavy (non-hydrogen) atoms. The highest BCUT2D eigenvalue weighted by molar-refractivity contribution is 7.59. The highest BCUT2D eigenvalue weighted by Gasteiger charge is 2.31. The van der Waals surface area contributed by atoms with Crippen LogP contribution in [0.25, 0.3) is 0 Å². The molecule has 0 aromatic heterocycles. The average molecular weight is 389 g/mol. The fourth-order valence-electron chi connectivity index (χ4n) is 4.74. The van der Waals surface area contributed by atoms with Crippen LogP contribution in [0.5, 0.6) is 0 Å². The molecule has 2 rings (SSSR count). The summed E-state index contributed by atoms with van der Waals surface area (Å²) in [5.41, 5.74) is 4.82. The first-order chi connectivity index (χ1) is 13.2. The van der Waals surface area contributed by atoms with Gasteiger partial charge in [-0.15, -0.1) is 0 Å². The van der Waals surface area contributed by atoms with E-state index in [-0.39, 0.29) is 7.92 Å². The molecule has 2 fully saturated rings. The number of rotatable bonds is 8. The zero-order chi connectivity index (χ0) is 19.5. The Morgan fingerprint density at radius 2 is 1.44 bits per heavy atom. The van der Waals surface area contributed by atoms with Crippen LogP contribution >= 0.6 is 7.92 Å². The lowest BCUT2D eigenvalue weighted by Crippen LogP contribution is -2.22. The molecule has 1 nitrogen and oxygen atoms in total. The van der Waals surface area contributed by atoms with Gasteiger partial charge in [0, 0.05) is 0 Å². The normalized spacial score (nSPS) is 22.0. The van der Waals surface area contributed by atoms with Crippen LogP contribution in [-0.4, -0.2) is 24.6 Å². The number of hydrogen-bond donors (Lipinski definition) is 0. The van der Waals surface area contributed by atoms with Gasteiger partial charge in [0.2, 0.25) is 0 Å². The van der Waals surface area contributed by atoms with Gasteiger partial charge >= 0.3 is 0 Å². The Morgan fingerprint density at radius 3 is 1.89 bits per heavy atom. The average Bonchev–Trinajstić information content (AvgIpc) is 2.73. The molecule has 0 heterocycles. The molecular weight excluding hydrogens is 347 g/mol. The molecule has 2 aliphatic carbocycles. The van der Waals surface area contributed by atoms with E-state index >= 15 is 0 Å². The summed E-state index contributed by atoms with van der Waals surface area (Å²) in [4.78, 5) is 0. The molecule has 152 valence electrons. The van der Waals surface area contributed by atoms with Crippen molar-refractivity contribution in [2.24, 2.45) is 0 Å². The van der Waals surface area contributed by atoms with Gasteiger partial charge in [-0.3, -0.25) is 0 Å². The molecular formula is C25H41OP. The van der Waals surface area contributed by atoms with Crippen molar-refractivity contribution in [1.82, 2.24) is 0 Å². The third kappa shape index (κ3) is 6.94. The Hall–Kier alpha value is -0.810. The molecule has 2 saturated carbocycles. The van der Waals surface area contributed by atoms with E-state index in [4.69, 9.17) is 4.74 Å². The summed E-state index contributed by atoms with van der Waals surface area (Å²) in [7, 11) is 1.86. The van der Waals surface area contributed by atoms with Crippen LogP contribution in [0.4, 0.5) is 0 Å². The molecule has 0 aromatic rings. The van der Waals surface area contributed by atoms with E-state index in [0.717, 1.165) is 17.1 Å². The zero-order valence-corrected chi connectivity index (χ0v) is 19.1. The third-order valence-electron chi connectivity index (χ3n) is 6.32. The minimum absolute atomic E-state index is 0.0596. The van der Waals surface area contributed by atoms with E-state index in [2.05, 4.69) is 51.2 Å². The van der Waals surface area contributed by atoms with E-state index in [1.54, 1.807) is 7.11 Å². The molecule has 0 bridgehead atoms. The summed E-state index contributed by atoms with van der Waals surface area (Å²) < 4.78 is 5.72. The van der Waals surface area contributed by atoms with Gasteiger partial charge in [0.05, 0.1) is 7.11 Å². The highest BCUT2D eigenvalue weighted by atomic mass is 31.1. The number of ether oxygens (including phenoxy) is 1. The fraction of sp³-hybridized carbons (Fsp3) is 0.680. The van der Waals surface area contributed by atoms with E-state index in [0.29, 0.717) is 0 Å². The molecule has 0 amide bonds. The Bertz CT molecular complexity index is 525. The maximum atomic E-state index is 5.72. The number of hydrogen-bond acceptors (Lipinski definition) is 1. The molecule has 0 aliphatic heterocycles. The van der Waals surface area contributed by atoms with Crippen molar-refractivity contribution in [1.29, 1.82) is 0 Å². The van der Waals surface area contributed by atoms with Crippen LogP contribution in [0.1, 0.15) is 85.0 Å². The summed E-state index contributed by atoms with van der Waals surface area (Å²) in [5, 5.41) is 0. The molecule has 2 heteroatoms. The number of methoxy groups -OCH3 is 1. The molecule has 0 saturated heterocycles. The van der Waals surface area contributed by atoms with Gasteiger partial charge in [0.15, 0.2) is 0 Å². The molecule has 0 N–H and O–H groups in total. The summed E-state index contributed by atoms with van der Waals surface area (Å²) in [5.74, 6) is 1.02. The smallest absolute Gasteiger partial charge is 0.121 e. The van der Waals surface area contributed by atoms with E-state index in [9.17, 15) is 0 Å². The van der Waals surface area contributed by atoms with Gasteiger partial charge in [-0.2, -0.15) is 0 Å². The van der Waals surface area contributed by atoms with Gasteiger partial charge in [-0.25, -0.2) is 0 Å². The van der Waals surface area contributed by atoms with E-state index in [1.807, 2.05) is 0 Å². The predicted molar refractivity (Wildman–Crippen MR) is 123 cm³/mol. The maximum Gasteiger partial charge on any atom is 0.121 e. The van der Waals surface area contributed by atoms with Crippen molar-refractivity contribution in [3.63, 3.8) is 0 Å². The van der Waals surface area contributed by atoms with Crippen LogP contribution in [0.3, 0.4) is 0 Å². The van der Waals surface area contributed by atoms with Gasteiger partial charge < -0.3 is 4.74 Å². The van der Waals surface area contributed by atoms with Gasteiger partial charge in [-0.1, -0.05) is 70.8 Å². The van der Waals surface area contributed by atoms with Crippen molar-refractivity contribution >= 4 is 7.92 Å². The monoisotopic (exact) mass is 388 g/mol. The van der Waals surface area contributed by atoms with Gasteiger partial charge in [-0.05, 0) is 81.2 Å². The van der Waals surface area contributed by atoms with Crippen LogP contribution in [0, 0.1) is 0 Å². The third-order valence-corrected chi connectivity index (χ3v) is 9.93. The SMILES string of the molecule is C\C=C/C=C(CP(C1CCCCC1)C1CCCCC1)/C(C)=C(/C=C\C)OC.